The smallest absolute Gasteiger partial charge is 0.191 e. The second-order valence-corrected chi connectivity index (χ2v) is 7.59. The lowest BCUT2D eigenvalue weighted by Gasteiger charge is -2.33. The first-order chi connectivity index (χ1) is 15.0. The van der Waals surface area contributed by atoms with Crippen LogP contribution in [0.3, 0.4) is 0 Å². The molecule has 1 aliphatic rings. The van der Waals surface area contributed by atoms with E-state index in [1.54, 1.807) is 6.07 Å². The topological polar surface area (TPSA) is 48.9 Å². The molecule has 1 aliphatic heterocycles. The number of ether oxygens (including phenoxy) is 1. The number of likely N-dealkylation sites (tertiary alicyclic amines) is 1. The van der Waals surface area contributed by atoms with Gasteiger partial charge in [-0.1, -0.05) is 6.07 Å². The van der Waals surface area contributed by atoms with E-state index in [9.17, 15) is 13.2 Å². The van der Waals surface area contributed by atoms with E-state index in [2.05, 4.69) is 20.5 Å². The van der Waals surface area contributed by atoms with Gasteiger partial charge in [-0.3, -0.25) is 4.90 Å². The van der Waals surface area contributed by atoms with E-state index in [1.165, 1.54) is 19.2 Å². The molecule has 0 radical (unpaired) electrons. The average molecular weight is 562 g/mol. The molecule has 0 spiro atoms. The van der Waals surface area contributed by atoms with Crippen LogP contribution in [0.1, 0.15) is 30.9 Å². The van der Waals surface area contributed by atoms with Crippen LogP contribution in [0.5, 0.6) is 5.75 Å². The normalized spacial score (nSPS) is 15.2. The van der Waals surface area contributed by atoms with Crippen molar-refractivity contribution in [2.24, 2.45) is 4.99 Å². The number of nitrogens with one attached hydrogen (secondary N) is 2. The maximum absolute atomic E-state index is 13.9. The average Bonchev–Trinajstić information content (AvgIpc) is 2.76. The summed E-state index contributed by atoms with van der Waals surface area (Å²) in [6, 6.07) is 8.66. The SMILES string of the molecule is CCNC(=NCc1cc(F)ccc1F)NC1CCN(Cc2ccc(OC)c(F)c2)CC1.I. The Morgan fingerprint density at radius 2 is 1.84 bits per heavy atom. The zero-order valence-electron chi connectivity index (χ0n) is 18.3. The van der Waals surface area contributed by atoms with Crippen molar-refractivity contribution in [3.8, 4) is 5.75 Å². The number of hydrogen-bond donors (Lipinski definition) is 2. The second kappa shape index (κ2) is 12.9. The molecule has 1 heterocycles. The molecule has 5 nitrogen and oxygen atoms in total. The lowest BCUT2D eigenvalue weighted by Crippen LogP contribution is -2.48. The van der Waals surface area contributed by atoms with Crippen LogP contribution < -0.4 is 15.4 Å². The molecule has 1 fully saturated rings. The monoisotopic (exact) mass is 562 g/mol. The first-order valence-electron chi connectivity index (χ1n) is 10.5. The molecule has 0 aliphatic carbocycles. The maximum atomic E-state index is 13.9. The molecule has 0 saturated carbocycles. The minimum absolute atomic E-state index is 0. The number of benzene rings is 2. The molecular formula is C23H30F3IN4O. The number of methoxy groups -OCH3 is 1. The zero-order valence-corrected chi connectivity index (χ0v) is 20.7. The highest BCUT2D eigenvalue weighted by atomic mass is 127. The molecule has 0 atom stereocenters. The van der Waals surface area contributed by atoms with E-state index in [0.717, 1.165) is 43.6 Å². The van der Waals surface area contributed by atoms with E-state index in [4.69, 9.17) is 4.74 Å². The highest BCUT2D eigenvalue weighted by molar-refractivity contribution is 14.0. The predicted molar refractivity (Wildman–Crippen MR) is 131 cm³/mol. The molecule has 2 aromatic rings. The fraction of sp³-hybridized carbons (Fsp3) is 0.435. The Morgan fingerprint density at radius 3 is 2.50 bits per heavy atom. The van der Waals surface area contributed by atoms with Gasteiger partial charge in [0.15, 0.2) is 17.5 Å². The van der Waals surface area contributed by atoms with E-state index >= 15 is 0 Å². The number of piperidine rings is 1. The minimum Gasteiger partial charge on any atom is -0.494 e. The fourth-order valence-corrected chi connectivity index (χ4v) is 3.64. The van der Waals surface area contributed by atoms with Crippen molar-refractivity contribution in [1.82, 2.24) is 15.5 Å². The van der Waals surface area contributed by atoms with Crippen LogP contribution in [-0.2, 0) is 13.1 Å². The highest BCUT2D eigenvalue weighted by Crippen LogP contribution is 2.20. The van der Waals surface area contributed by atoms with Gasteiger partial charge in [0.2, 0.25) is 0 Å². The molecule has 1 saturated heterocycles. The van der Waals surface area contributed by atoms with E-state index < -0.39 is 11.6 Å². The first-order valence-corrected chi connectivity index (χ1v) is 10.5. The summed E-state index contributed by atoms with van der Waals surface area (Å²) in [6.45, 7) is 5.09. The number of hydrogen-bond acceptors (Lipinski definition) is 3. The Morgan fingerprint density at radius 1 is 1.09 bits per heavy atom. The number of guanidine groups is 1. The summed E-state index contributed by atoms with van der Waals surface area (Å²) in [5.74, 6) is -0.461. The van der Waals surface area contributed by atoms with Crippen molar-refractivity contribution in [3.05, 3.63) is 65.0 Å². The third-order valence-electron chi connectivity index (χ3n) is 5.31. The summed E-state index contributed by atoms with van der Waals surface area (Å²) in [5, 5.41) is 6.55. The van der Waals surface area contributed by atoms with Crippen molar-refractivity contribution in [1.29, 1.82) is 0 Å². The van der Waals surface area contributed by atoms with Crippen molar-refractivity contribution in [3.63, 3.8) is 0 Å². The van der Waals surface area contributed by atoms with Crippen LogP contribution >= 0.6 is 24.0 Å². The van der Waals surface area contributed by atoms with Crippen LogP contribution in [0.4, 0.5) is 13.2 Å². The third kappa shape index (κ3) is 7.54. The van der Waals surface area contributed by atoms with E-state index in [-0.39, 0.29) is 53.7 Å². The van der Waals surface area contributed by atoms with Crippen LogP contribution in [-0.4, -0.2) is 43.6 Å². The lowest BCUT2D eigenvalue weighted by molar-refractivity contribution is 0.198. The van der Waals surface area contributed by atoms with Crippen molar-refractivity contribution in [2.75, 3.05) is 26.7 Å². The van der Waals surface area contributed by atoms with Gasteiger partial charge in [0.1, 0.15) is 11.6 Å². The van der Waals surface area contributed by atoms with Crippen molar-refractivity contribution < 1.29 is 17.9 Å². The largest absolute Gasteiger partial charge is 0.494 e. The quantitative estimate of drug-likeness (QED) is 0.298. The summed E-state index contributed by atoms with van der Waals surface area (Å²) in [6.07, 6.45) is 1.80. The Labute approximate surface area is 204 Å². The Hall–Kier alpha value is -2.01. The van der Waals surface area contributed by atoms with Crippen LogP contribution in [0.2, 0.25) is 0 Å². The highest BCUT2D eigenvalue weighted by Gasteiger charge is 2.20. The van der Waals surface area contributed by atoms with Gasteiger partial charge in [-0.2, -0.15) is 0 Å². The van der Waals surface area contributed by atoms with Gasteiger partial charge in [0.25, 0.3) is 0 Å². The Balaban J connectivity index is 0.00000363. The molecule has 0 bridgehead atoms. The molecule has 3 rings (SSSR count). The predicted octanol–water partition coefficient (Wildman–Crippen LogP) is 4.45. The zero-order chi connectivity index (χ0) is 22.2. The standard InChI is InChI=1S/C23H29F3N4O.HI/c1-3-27-23(28-14-17-13-18(24)5-6-20(17)25)29-19-8-10-30(11-9-19)15-16-4-7-22(31-2)21(26)12-16;/h4-7,12-13,19H,3,8-11,14-15H2,1-2H3,(H2,27,28,29);1H. The van der Waals surface area contributed by atoms with Gasteiger partial charge in [-0.15, -0.1) is 24.0 Å². The van der Waals surface area contributed by atoms with E-state index in [0.29, 0.717) is 19.0 Å². The molecule has 0 aromatic heterocycles. The van der Waals surface area contributed by atoms with Crippen molar-refractivity contribution in [2.45, 2.75) is 38.9 Å². The van der Waals surface area contributed by atoms with Crippen molar-refractivity contribution >= 4 is 29.9 Å². The fourth-order valence-electron chi connectivity index (χ4n) is 3.64. The van der Waals surface area contributed by atoms with Crippen LogP contribution in [0, 0.1) is 17.5 Å². The first kappa shape index (κ1) is 26.2. The summed E-state index contributed by atoms with van der Waals surface area (Å²) in [5.41, 5.74) is 1.13. The summed E-state index contributed by atoms with van der Waals surface area (Å²) in [4.78, 5) is 6.70. The molecule has 2 N–H and O–H groups in total. The van der Waals surface area contributed by atoms with Gasteiger partial charge in [0.05, 0.1) is 13.7 Å². The number of nitrogens with zero attached hydrogens (tertiary/aromatic N) is 2. The molecule has 9 heteroatoms. The molecular weight excluding hydrogens is 532 g/mol. The van der Waals surface area contributed by atoms with E-state index in [1.807, 2.05) is 13.0 Å². The molecule has 0 unspecified atom stereocenters. The van der Waals surface area contributed by atoms with Gasteiger partial charge in [0, 0.05) is 37.8 Å². The molecule has 0 amide bonds. The van der Waals surface area contributed by atoms with Crippen LogP contribution in [0.25, 0.3) is 0 Å². The van der Waals surface area contributed by atoms with Gasteiger partial charge in [-0.05, 0) is 55.7 Å². The number of rotatable bonds is 7. The second-order valence-electron chi connectivity index (χ2n) is 7.59. The number of halogens is 4. The third-order valence-corrected chi connectivity index (χ3v) is 5.31. The Bertz CT molecular complexity index is 905. The van der Waals surface area contributed by atoms with Crippen LogP contribution in [0.15, 0.2) is 41.4 Å². The lowest BCUT2D eigenvalue weighted by atomic mass is 10.0. The number of aliphatic imine (C=N–C) groups is 1. The van der Waals surface area contributed by atoms with Gasteiger partial charge >= 0.3 is 0 Å². The maximum Gasteiger partial charge on any atom is 0.191 e. The summed E-state index contributed by atoms with van der Waals surface area (Å²) >= 11 is 0. The Kier molecular flexibility index (Phi) is 10.6. The van der Waals surface area contributed by atoms with Gasteiger partial charge < -0.3 is 15.4 Å². The summed E-state index contributed by atoms with van der Waals surface area (Å²) < 4.78 is 46.1. The summed E-state index contributed by atoms with van der Waals surface area (Å²) in [7, 11) is 1.45. The molecule has 2 aromatic carbocycles. The molecule has 32 heavy (non-hydrogen) atoms. The minimum atomic E-state index is -0.478. The van der Waals surface area contributed by atoms with Gasteiger partial charge in [-0.25, -0.2) is 18.2 Å². The molecule has 176 valence electrons.